The second-order valence-corrected chi connectivity index (χ2v) is 11.1. The number of amides is 1. The first-order valence-corrected chi connectivity index (χ1v) is 13.9. The van der Waals surface area contributed by atoms with Gasteiger partial charge in [0.2, 0.25) is 0 Å². The smallest absolute Gasteiger partial charge is 0.338 e. The quantitative estimate of drug-likeness (QED) is 0.423. The van der Waals surface area contributed by atoms with Crippen molar-refractivity contribution in [3.8, 4) is 0 Å². The van der Waals surface area contributed by atoms with Crippen molar-refractivity contribution in [1.29, 1.82) is 0 Å². The zero-order valence-corrected chi connectivity index (χ0v) is 24.1. The van der Waals surface area contributed by atoms with Gasteiger partial charge in [0, 0.05) is 36.4 Å². The summed E-state index contributed by atoms with van der Waals surface area (Å²) >= 11 is 4.67. The molecular formula is C28H27BrN4O4S. The van der Waals surface area contributed by atoms with E-state index < -0.39 is 12.0 Å². The predicted molar refractivity (Wildman–Crippen MR) is 152 cm³/mol. The second kappa shape index (κ2) is 9.99. The SMILES string of the molecule is CCOC(=O)C1=C(C)N=c2s/c(=C3/C(=O)N(CC)c4ccc(Br)cc43)c(=O)n2[C@@H]1c1ccc(N(C)C)cc1. The number of thiazole rings is 1. The Morgan fingerprint density at radius 3 is 2.47 bits per heavy atom. The number of aromatic nitrogens is 1. The number of nitrogens with zero attached hydrogens (tertiary/aromatic N) is 4. The lowest BCUT2D eigenvalue weighted by atomic mass is 9.95. The van der Waals surface area contributed by atoms with Gasteiger partial charge < -0.3 is 14.5 Å². The Morgan fingerprint density at radius 1 is 1.13 bits per heavy atom. The summed E-state index contributed by atoms with van der Waals surface area (Å²) in [5.74, 6) is -0.740. The van der Waals surface area contributed by atoms with Crippen LogP contribution in [0.1, 0.15) is 37.9 Å². The van der Waals surface area contributed by atoms with Crippen molar-refractivity contribution in [2.75, 3.05) is 37.0 Å². The zero-order chi connectivity index (χ0) is 27.3. The van der Waals surface area contributed by atoms with Crippen molar-refractivity contribution in [2.24, 2.45) is 4.99 Å². The minimum absolute atomic E-state index is 0.198. The predicted octanol–water partition coefficient (Wildman–Crippen LogP) is 3.36. The highest BCUT2D eigenvalue weighted by Crippen LogP contribution is 2.37. The van der Waals surface area contributed by atoms with Crippen LogP contribution in [0.25, 0.3) is 5.57 Å². The fourth-order valence-electron chi connectivity index (χ4n) is 4.95. The summed E-state index contributed by atoms with van der Waals surface area (Å²) in [7, 11) is 3.89. The van der Waals surface area contributed by atoms with E-state index in [9.17, 15) is 14.4 Å². The van der Waals surface area contributed by atoms with E-state index in [1.807, 2.05) is 68.4 Å². The number of hydrogen-bond acceptors (Lipinski definition) is 7. The highest BCUT2D eigenvalue weighted by atomic mass is 79.9. The minimum Gasteiger partial charge on any atom is -0.463 e. The molecule has 0 radical (unpaired) electrons. The van der Waals surface area contributed by atoms with Gasteiger partial charge in [-0.05, 0) is 56.7 Å². The molecule has 2 aliphatic heterocycles. The van der Waals surface area contributed by atoms with Crippen LogP contribution in [0.5, 0.6) is 0 Å². The Labute approximate surface area is 232 Å². The summed E-state index contributed by atoms with van der Waals surface area (Å²) in [5.41, 5.74) is 3.99. The maximum Gasteiger partial charge on any atom is 0.338 e. The Morgan fingerprint density at radius 2 is 1.84 bits per heavy atom. The lowest BCUT2D eigenvalue weighted by Gasteiger charge is -2.25. The van der Waals surface area contributed by atoms with Crippen LogP contribution in [0.15, 0.2) is 68.0 Å². The summed E-state index contributed by atoms with van der Waals surface area (Å²) in [6.45, 7) is 6.07. The average Bonchev–Trinajstić information content (AvgIpc) is 3.34. The largest absolute Gasteiger partial charge is 0.463 e. The highest BCUT2D eigenvalue weighted by molar-refractivity contribution is 9.10. The lowest BCUT2D eigenvalue weighted by molar-refractivity contribution is -0.139. The molecule has 10 heteroatoms. The number of allylic oxidation sites excluding steroid dienone is 1. The van der Waals surface area contributed by atoms with Gasteiger partial charge in [0.05, 0.1) is 35.2 Å². The lowest BCUT2D eigenvalue weighted by Crippen LogP contribution is -2.41. The molecule has 0 aliphatic carbocycles. The number of benzene rings is 2. The van der Waals surface area contributed by atoms with Gasteiger partial charge in [-0.25, -0.2) is 9.79 Å². The van der Waals surface area contributed by atoms with E-state index in [0.717, 1.165) is 21.4 Å². The number of carbonyl (C=O) groups excluding carboxylic acids is 2. The van der Waals surface area contributed by atoms with Gasteiger partial charge in [-0.3, -0.25) is 14.2 Å². The molecule has 196 valence electrons. The molecular weight excluding hydrogens is 568 g/mol. The molecule has 0 spiro atoms. The number of fused-ring (bicyclic) bond motifs is 2. The number of rotatable bonds is 5. The molecule has 5 rings (SSSR count). The molecule has 0 saturated heterocycles. The van der Waals surface area contributed by atoms with Crippen LogP contribution in [0, 0.1) is 0 Å². The summed E-state index contributed by atoms with van der Waals surface area (Å²) in [6.07, 6.45) is 0. The molecule has 0 fully saturated rings. The number of anilines is 2. The molecule has 1 atom stereocenters. The van der Waals surface area contributed by atoms with Gasteiger partial charge in [0.1, 0.15) is 4.53 Å². The topological polar surface area (TPSA) is 84.2 Å². The normalized spacial score (nSPS) is 17.8. The van der Waals surface area contributed by atoms with E-state index >= 15 is 0 Å². The van der Waals surface area contributed by atoms with Crippen LogP contribution in [0.3, 0.4) is 0 Å². The van der Waals surface area contributed by atoms with Gasteiger partial charge in [-0.2, -0.15) is 0 Å². The van der Waals surface area contributed by atoms with E-state index in [0.29, 0.717) is 38.3 Å². The number of hydrogen-bond donors (Lipinski definition) is 0. The third kappa shape index (κ3) is 4.12. The molecule has 0 saturated carbocycles. The van der Waals surface area contributed by atoms with E-state index in [-0.39, 0.29) is 18.1 Å². The van der Waals surface area contributed by atoms with Gasteiger partial charge in [0.25, 0.3) is 11.5 Å². The first-order valence-electron chi connectivity index (χ1n) is 12.3. The summed E-state index contributed by atoms with van der Waals surface area (Å²) in [4.78, 5) is 49.6. The molecule has 8 nitrogen and oxygen atoms in total. The molecule has 1 amide bonds. The second-order valence-electron chi connectivity index (χ2n) is 9.19. The van der Waals surface area contributed by atoms with Gasteiger partial charge in [-0.1, -0.05) is 39.4 Å². The Balaban J connectivity index is 1.81. The van der Waals surface area contributed by atoms with Crippen molar-refractivity contribution in [1.82, 2.24) is 4.57 Å². The monoisotopic (exact) mass is 594 g/mol. The van der Waals surface area contributed by atoms with Gasteiger partial charge >= 0.3 is 5.97 Å². The molecule has 3 heterocycles. The summed E-state index contributed by atoms with van der Waals surface area (Å²) < 4.78 is 8.02. The van der Waals surface area contributed by atoms with Crippen LogP contribution < -0.4 is 24.7 Å². The molecule has 38 heavy (non-hydrogen) atoms. The van der Waals surface area contributed by atoms with E-state index in [1.54, 1.807) is 18.7 Å². The molecule has 2 aromatic carbocycles. The number of halogens is 1. The van der Waals surface area contributed by atoms with E-state index in [1.165, 1.54) is 15.9 Å². The molecule has 0 N–H and O–H groups in total. The fourth-order valence-corrected chi connectivity index (χ4v) is 6.45. The van der Waals surface area contributed by atoms with Crippen molar-refractivity contribution in [3.63, 3.8) is 0 Å². The summed E-state index contributed by atoms with van der Waals surface area (Å²) in [5, 5.41) is 0. The standard InChI is InChI=1S/C28H27BrN4O4S/c1-6-32-20-13-10-17(29)14-19(20)22(25(32)34)24-26(35)33-23(16-8-11-18(12-9-16)31(4)5)21(27(36)37-7-2)15(3)30-28(33)38-24/h8-14,23H,6-7H2,1-5H3/b24-22+/t23-/m1/s1. The minimum atomic E-state index is -0.739. The molecule has 0 unspecified atom stereocenters. The maximum atomic E-state index is 14.2. The Kier molecular flexibility index (Phi) is 6.87. The van der Waals surface area contributed by atoms with Gasteiger partial charge in [0.15, 0.2) is 4.80 Å². The fraction of sp³-hybridized carbons (Fsp3) is 0.286. The van der Waals surface area contributed by atoms with Crippen LogP contribution in [0.4, 0.5) is 11.4 Å². The molecule has 2 aliphatic rings. The average molecular weight is 596 g/mol. The molecule has 1 aromatic heterocycles. The number of carbonyl (C=O) groups is 2. The van der Waals surface area contributed by atoms with Crippen molar-refractivity contribution >= 4 is 56.1 Å². The van der Waals surface area contributed by atoms with Crippen LogP contribution in [-0.2, 0) is 14.3 Å². The Hall–Kier alpha value is -3.50. The molecule has 0 bridgehead atoms. The third-order valence-corrected chi connectivity index (χ3v) is 8.29. The number of likely N-dealkylation sites (N-methyl/N-ethyl adjacent to an activating group) is 1. The Bertz CT molecular complexity index is 1680. The van der Waals surface area contributed by atoms with E-state index in [4.69, 9.17) is 4.74 Å². The van der Waals surface area contributed by atoms with Crippen molar-refractivity contribution < 1.29 is 14.3 Å². The number of ether oxygens (including phenoxy) is 1. The van der Waals surface area contributed by atoms with Crippen molar-refractivity contribution in [3.05, 3.63) is 89.0 Å². The van der Waals surface area contributed by atoms with Gasteiger partial charge in [-0.15, -0.1) is 0 Å². The first kappa shape index (κ1) is 26.1. The number of esters is 1. The summed E-state index contributed by atoms with van der Waals surface area (Å²) in [6, 6.07) is 12.6. The van der Waals surface area contributed by atoms with Crippen LogP contribution in [-0.4, -0.2) is 43.7 Å². The van der Waals surface area contributed by atoms with Crippen LogP contribution >= 0.6 is 27.3 Å². The first-order chi connectivity index (χ1) is 18.2. The van der Waals surface area contributed by atoms with E-state index in [2.05, 4.69) is 20.9 Å². The molecule has 3 aromatic rings. The van der Waals surface area contributed by atoms with Crippen LogP contribution in [0.2, 0.25) is 0 Å². The van der Waals surface area contributed by atoms with Crippen molar-refractivity contribution in [2.45, 2.75) is 26.8 Å². The highest BCUT2D eigenvalue weighted by Gasteiger charge is 2.37. The third-order valence-electron chi connectivity index (χ3n) is 6.74. The maximum absolute atomic E-state index is 14.2. The zero-order valence-electron chi connectivity index (χ0n) is 21.7.